The summed E-state index contributed by atoms with van der Waals surface area (Å²) in [6.07, 6.45) is 0. The van der Waals surface area contributed by atoms with E-state index in [9.17, 15) is 12.8 Å². The first-order chi connectivity index (χ1) is 9.83. The van der Waals surface area contributed by atoms with Crippen LogP contribution in [0.1, 0.15) is 0 Å². The van der Waals surface area contributed by atoms with Crippen LogP contribution in [0.4, 0.5) is 21.5 Å². The molecule has 0 bridgehead atoms. The summed E-state index contributed by atoms with van der Waals surface area (Å²) in [6, 6.07) is 8.33. The Morgan fingerprint density at radius 2 is 1.81 bits per heavy atom. The van der Waals surface area contributed by atoms with E-state index < -0.39 is 15.8 Å². The molecule has 112 valence electrons. The molecule has 2 aromatic carbocycles. The van der Waals surface area contributed by atoms with Gasteiger partial charge in [0.1, 0.15) is 10.7 Å². The summed E-state index contributed by atoms with van der Waals surface area (Å²) >= 11 is 5.68. The van der Waals surface area contributed by atoms with Crippen LogP contribution in [0, 0.1) is 5.82 Å². The first-order valence-electron chi connectivity index (χ1n) is 5.88. The monoisotopic (exact) mass is 329 g/mol. The second kappa shape index (κ2) is 5.88. The molecule has 0 saturated carbocycles. The largest absolute Gasteiger partial charge is 0.399 e. The molecule has 2 rings (SSSR count). The third-order valence-electron chi connectivity index (χ3n) is 2.76. The third kappa shape index (κ3) is 3.44. The minimum absolute atomic E-state index is 0.0700. The van der Waals surface area contributed by atoms with Gasteiger partial charge < -0.3 is 11.1 Å². The molecule has 0 unspecified atom stereocenters. The molecule has 0 amide bonds. The first kappa shape index (κ1) is 15.6. The van der Waals surface area contributed by atoms with Gasteiger partial charge in [0, 0.05) is 10.7 Å². The molecular formula is C13H13ClFN3O2S. The molecule has 4 N–H and O–H groups in total. The highest BCUT2D eigenvalue weighted by Gasteiger charge is 2.18. The van der Waals surface area contributed by atoms with Gasteiger partial charge in [-0.3, -0.25) is 0 Å². The lowest BCUT2D eigenvalue weighted by molar-refractivity contribution is 0.588. The molecule has 0 fully saturated rings. The van der Waals surface area contributed by atoms with Crippen molar-refractivity contribution >= 4 is 38.7 Å². The molecule has 21 heavy (non-hydrogen) atoms. The average molecular weight is 330 g/mol. The smallest absolute Gasteiger partial charge is 0.242 e. The van der Waals surface area contributed by atoms with Crippen LogP contribution in [0.15, 0.2) is 41.3 Å². The van der Waals surface area contributed by atoms with Crippen LogP contribution in [0.2, 0.25) is 5.02 Å². The van der Waals surface area contributed by atoms with Crippen molar-refractivity contribution in [2.24, 2.45) is 0 Å². The Morgan fingerprint density at radius 1 is 1.14 bits per heavy atom. The maximum Gasteiger partial charge on any atom is 0.242 e. The van der Waals surface area contributed by atoms with Crippen LogP contribution in [0.3, 0.4) is 0 Å². The predicted molar refractivity (Wildman–Crippen MR) is 81.8 cm³/mol. The highest BCUT2D eigenvalue weighted by atomic mass is 35.5. The summed E-state index contributed by atoms with van der Waals surface area (Å²) < 4.78 is 39.9. The number of halogens is 2. The lowest BCUT2D eigenvalue weighted by atomic mass is 10.2. The Kier molecular flexibility index (Phi) is 4.36. The maximum absolute atomic E-state index is 13.8. The minimum Gasteiger partial charge on any atom is -0.399 e. The standard InChI is InChI=1S/C13H13ClFN3O2S/c1-17-21(19,20)13-7-9(16)3-5-12(13)18-11-4-2-8(14)6-10(11)15/h2-7,17-18H,16H2,1H3. The van der Waals surface area contributed by atoms with Gasteiger partial charge in [-0.05, 0) is 43.4 Å². The molecule has 0 aliphatic carbocycles. The van der Waals surface area contributed by atoms with Crippen molar-refractivity contribution in [3.05, 3.63) is 47.2 Å². The van der Waals surface area contributed by atoms with Crippen molar-refractivity contribution in [1.82, 2.24) is 4.72 Å². The molecule has 0 heterocycles. The van der Waals surface area contributed by atoms with Crippen LogP contribution in [-0.2, 0) is 10.0 Å². The van der Waals surface area contributed by atoms with Crippen LogP contribution < -0.4 is 15.8 Å². The van der Waals surface area contributed by atoms with Gasteiger partial charge in [-0.2, -0.15) is 0 Å². The van der Waals surface area contributed by atoms with Gasteiger partial charge in [-0.15, -0.1) is 0 Å². The van der Waals surface area contributed by atoms with Crippen molar-refractivity contribution in [3.63, 3.8) is 0 Å². The van der Waals surface area contributed by atoms with Gasteiger partial charge >= 0.3 is 0 Å². The van der Waals surface area contributed by atoms with E-state index in [2.05, 4.69) is 10.0 Å². The van der Waals surface area contributed by atoms with Crippen molar-refractivity contribution in [2.75, 3.05) is 18.1 Å². The topological polar surface area (TPSA) is 84.2 Å². The van der Waals surface area contributed by atoms with E-state index in [0.717, 1.165) is 6.07 Å². The quantitative estimate of drug-likeness (QED) is 0.753. The van der Waals surface area contributed by atoms with Crippen LogP contribution in [0.5, 0.6) is 0 Å². The fourth-order valence-corrected chi connectivity index (χ4v) is 2.79. The summed E-state index contributed by atoms with van der Waals surface area (Å²) in [6.45, 7) is 0. The zero-order chi connectivity index (χ0) is 15.6. The summed E-state index contributed by atoms with van der Waals surface area (Å²) in [5.74, 6) is -0.591. The highest BCUT2D eigenvalue weighted by molar-refractivity contribution is 7.89. The number of anilines is 3. The summed E-state index contributed by atoms with van der Waals surface area (Å²) in [4.78, 5) is -0.0700. The fraction of sp³-hybridized carbons (Fsp3) is 0.0769. The van der Waals surface area contributed by atoms with Gasteiger partial charge in [0.25, 0.3) is 0 Å². The van der Waals surface area contributed by atoms with E-state index in [0.29, 0.717) is 0 Å². The van der Waals surface area contributed by atoms with E-state index in [-0.39, 0.29) is 27.0 Å². The summed E-state index contributed by atoms with van der Waals surface area (Å²) in [7, 11) is -2.45. The lowest BCUT2D eigenvalue weighted by Crippen LogP contribution is -2.20. The van der Waals surface area contributed by atoms with Crippen molar-refractivity contribution in [1.29, 1.82) is 0 Å². The summed E-state index contributed by atoms with van der Waals surface area (Å²) in [5.41, 5.74) is 6.21. The zero-order valence-electron chi connectivity index (χ0n) is 11.0. The third-order valence-corrected chi connectivity index (χ3v) is 4.45. The second-order valence-corrected chi connectivity index (χ2v) is 6.50. The highest BCUT2D eigenvalue weighted by Crippen LogP contribution is 2.29. The molecule has 2 aromatic rings. The Morgan fingerprint density at radius 3 is 2.43 bits per heavy atom. The fourth-order valence-electron chi connectivity index (χ4n) is 1.71. The van der Waals surface area contributed by atoms with Crippen molar-refractivity contribution in [3.8, 4) is 0 Å². The molecule has 0 atom stereocenters. The number of nitrogens with two attached hydrogens (primary N) is 1. The molecule has 5 nitrogen and oxygen atoms in total. The van der Waals surface area contributed by atoms with Gasteiger partial charge in [-0.25, -0.2) is 17.5 Å². The Hall–Kier alpha value is -1.83. The number of rotatable bonds is 4. The molecule has 8 heteroatoms. The molecule has 0 aliphatic heterocycles. The Bertz CT molecular complexity index is 781. The van der Waals surface area contributed by atoms with Gasteiger partial charge in [-0.1, -0.05) is 11.6 Å². The van der Waals surface area contributed by atoms with Gasteiger partial charge in [0.05, 0.1) is 11.4 Å². The normalized spacial score (nSPS) is 11.4. The van der Waals surface area contributed by atoms with E-state index in [1.807, 2.05) is 0 Å². The number of benzene rings is 2. The zero-order valence-corrected chi connectivity index (χ0v) is 12.6. The molecule has 0 aromatic heterocycles. The van der Waals surface area contributed by atoms with E-state index in [1.54, 1.807) is 0 Å². The SMILES string of the molecule is CNS(=O)(=O)c1cc(N)ccc1Nc1ccc(Cl)cc1F. The van der Waals surface area contributed by atoms with Crippen LogP contribution in [0.25, 0.3) is 0 Å². The van der Waals surface area contributed by atoms with Crippen molar-refractivity contribution < 1.29 is 12.8 Å². The number of sulfonamides is 1. The number of hydrogen-bond acceptors (Lipinski definition) is 4. The predicted octanol–water partition coefficient (Wildman–Crippen LogP) is 2.71. The Balaban J connectivity index is 2.50. The second-order valence-electron chi connectivity index (χ2n) is 4.21. The number of nitrogen functional groups attached to an aromatic ring is 1. The molecule has 0 aliphatic rings. The molecule has 0 radical (unpaired) electrons. The van der Waals surface area contributed by atoms with Gasteiger partial charge in [0.2, 0.25) is 10.0 Å². The molecule has 0 spiro atoms. The number of hydrogen-bond donors (Lipinski definition) is 3. The lowest BCUT2D eigenvalue weighted by Gasteiger charge is -2.13. The molecule has 0 saturated heterocycles. The van der Waals surface area contributed by atoms with E-state index >= 15 is 0 Å². The van der Waals surface area contributed by atoms with Crippen molar-refractivity contribution in [2.45, 2.75) is 4.90 Å². The van der Waals surface area contributed by atoms with Crippen LogP contribution >= 0.6 is 11.6 Å². The van der Waals surface area contributed by atoms with E-state index in [4.69, 9.17) is 17.3 Å². The minimum atomic E-state index is -3.73. The Labute approximate surface area is 127 Å². The van der Waals surface area contributed by atoms with Gasteiger partial charge in [0.15, 0.2) is 0 Å². The van der Waals surface area contributed by atoms with E-state index in [1.165, 1.54) is 37.4 Å². The first-order valence-corrected chi connectivity index (χ1v) is 7.75. The maximum atomic E-state index is 13.8. The molecular weight excluding hydrogens is 317 g/mol. The number of nitrogens with one attached hydrogen (secondary N) is 2. The average Bonchev–Trinajstić information content (AvgIpc) is 2.43. The van der Waals surface area contributed by atoms with Crippen LogP contribution in [-0.4, -0.2) is 15.5 Å². The summed E-state index contributed by atoms with van der Waals surface area (Å²) in [5, 5.41) is 2.98.